The first kappa shape index (κ1) is 35.8. The Morgan fingerprint density at radius 1 is 0.509 bits per heavy atom. The van der Waals surface area contributed by atoms with Gasteiger partial charge in [0, 0.05) is 22.7 Å². The number of ether oxygens (including phenoxy) is 1. The summed E-state index contributed by atoms with van der Waals surface area (Å²) in [6, 6.07) is 64.0. The summed E-state index contributed by atoms with van der Waals surface area (Å²) in [6.45, 7) is 0.218. The van der Waals surface area contributed by atoms with Crippen LogP contribution in [0.5, 0.6) is 0 Å². The normalized spacial score (nSPS) is 13.8. The van der Waals surface area contributed by atoms with Gasteiger partial charge >= 0.3 is 0 Å². The molecule has 0 radical (unpaired) electrons. The van der Waals surface area contributed by atoms with Crippen molar-refractivity contribution < 1.29 is 19.4 Å². The average molecular weight is 745 g/mol. The number of aliphatic hydroxyl groups is 1. The van der Waals surface area contributed by atoms with E-state index in [-0.39, 0.29) is 25.0 Å². The van der Waals surface area contributed by atoms with E-state index < -0.39 is 17.7 Å². The zero-order valence-electron chi connectivity index (χ0n) is 31.2. The van der Waals surface area contributed by atoms with Gasteiger partial charge in [0.1, 0.15) is 17.7 Å². The number of para-hydroxylation sites is 1. The van der Waals surface area contributed by atoms with Crippen molar-refractivity contribution in [1.29, 1.82) is 0 Å². The molecule has 1 aliphatic heterocycles. The van der Waals surface area contributed by atoms with Gasteiger partial charge in [-0.15, -0.1) is 0 Å². The van der Waals surface area contributed by atoms with Gasteiger partial charge in [-0.3, -0.25) is 14.5 Å². The summed E-state index contributed by atoms with van der Waals surface area (Å²) >= 11 is 0. The minimum absolute atomic E-state index is 0.0240. The minimum atomic E-state index is -1.10. The number of aromatic nitrogens is 1. The lowest BCUT2D eigenvalue weighted by Crippen LogP contribution is -2.37. The summed E-state index contributed by atoms with van der Waals surface area (Å²) in [5, 5.41) is 13.7. The first-order valence-electron chi connectivity index (χ1n) is 19.2. The van der Waals surface area contributed by atoms with Crippen LogP contribution in [0.15, 0.2) is 200 Å². The summed E-state index contributed by atoms with van der Waals surface area (Å²) in [7, 11) is 0. The highest BCUT2D eigenvalue weighted by Gasteiger charge is 2.41. The first-order valence-corrected chi connectivity index (χ1v) is 19.2. The standard InChI is InChI=1S/C51H40N2O4/c54-48(42-29-14-13-28-41(42)47(57-35-36-19-5-1-6-20-36)34-52-49(55)43-30-15-16-31-44(43)50(52)56)45-33-53(46-32-18-17-27-40(45)46)51(37-21-7-2-8-22-37,38-23-9-3-10-24-38)39-25-11-4-12-26-39/h1-33,47-48,54H,34-35H2/t47-,48+/m0/s1. The number of carbonyl (C=O) groups excluding carboxylic acids is 2. The van der Waals surface area contributed by atoms with E-state index >= 15 is 0 Å². The second-order valence-corrected chi connectivity index (χ2v) is 14.4. The van der Waals surface area contributed by atoms with Crippen LogP contribution < -0.4 is 0 Å². The molecule has 0 spiro atoms. The van der Waals surface area contributed by atoms with Crippen molar-refractivity contribution >= 4 is 22.7 Å². The predicted octanol–water partition coefficient (Wildman–Crippen LogP) is 10.1. The lowest BCUT2D eigenvalue weighted by atomic mass is 9.76. The number of hydrogen-bond acceptors (Lipinski definition) is 4. The zero-order valence-corrected chi connectivity index (χ0v) is 31.2. The summed E-state index contributed by atoms with van der Waals surface area (Å²) in [5.74, 6) is -0.715. The van der Waals surface area contributed by atoms with E-state index in [0.717, 1.165) is 33.2 Å². The highest BCUT2D eigenvalue weighted by Crippen LogP contribution is 2.45. The second kappa shape index (κ2) is 15.3. The Morgan fingerprint density at radius 3 is 1.53 bits per heavy atom. The largest absolute Gasteiger partial charge is 0.384 e. The molecule has 6 heteroatoms. The molecule has 2 amide bonds. The Bertz CT molecular complexity index is 2540. The van der Waals surface area contributed by atoms with Gasteiger partial charge in [-0.05, 0) is 51.6 Å². The lowest BCUT2D eigenvalue weighted by Gasteiger charge is -2.38. The lowest BCUT2D eigenvalue weighted by molar-refractivity contribution is 0.0142. The smallest absolute Gasteiger partial charge is 0.261 e. The molecule has 7 aromatic carbocycles. The summed E-state index contributed by atoms with van der Waals surface area (Å²) in [6.07, 6.45) is 0.240. The topological polar surface area (TPSA) is 71.8 Å². The van der Waals surface area contributed by atoms with Gasteiger partial charge < -0.3 is 14.4 Å². The fourth-order valence-electron chi connectivity index (χ4n) is 8.46. The van der Waals surface area contributed by atoms with Crippen molar-refractivity contribution in [3.05, 3.63) is 250 Å². The molecular formula is C51H40N2O4. The number of nitrogens with zero attached hydrogens (tertiary/aromatic N) is 2. The number of benzene rings is 7. The molecule has 2 heterocycles. The van der Waals surface area contributed by atoms with Crippen molar-refractivity contribution in [3.8, 4) is 0 Å². The van der Waals surface area contributed by atoms with Crippen LogP contribution in [0.4, 0.5) is 0 Å². The number of fused-ring (bicyclic) bond motifs is 2. The van der Waals surface area contributed by atoms with Gasteiger partial charge in [-0.2, -0.15) is 0 Å². The number of amides is 2. The quantitative estimate of drug-likeness (QED) is 0.0999. The van der Waals surface area contributed by atoms with Crippen LogP contribution in [0.1, 0.15) is 71.9 Å². The maximum Gasteiger partial charge on any atom is 0.261 e. The van der Waals surface area contributed by atoms with Crippen molar-refractivity contribution in [2.24, 2.45) is 0 Å². The van der Waals surface area contributed by atoms with E-state index in [2.05, 4.69) is 95.7 Å². The number of carbonyl (C=O) groups is 2. The first-order chi connectivity index (χ1) is 28.1. The third-order valence-corrected chi connectivity index (χ3v) is 11.1. The zero-order chi connectivity index (χ0) is 38.8. The Labute approximate surface area is 331 Å². The molecule has 6 nitrogen and oxygen atoms in total. The van der Waals surface area contributed by atoms with Gasteiger partial charge in [-0.1, -0.05) is 176 Å². The Hall–Kier alpha value is -6.86. The molecule has 57 heavy (non-hydrogen) atoms. The molecule has 0 aliphatic carbocycles. The number of aliphatic hydroxyl groups excluding tert-OH is 1. The van der Waals surface area contributed by atoms with E-state index in [1.165, 1.54) is 4.90 Å². The maximum atomic E-state index is 13.7. The van der Waals surface area contributed by atoms with Gasteiger partial charge in [0.2, 0.25) is 0 Å². The van der Waals surface area contributed by atoms with Crippen LogP contribution >= 0.6 is 0 Å². The minimum Gasteiger partial charge on any atom is -0.384 e. The number of imide groups is 1. The molecule has 9 rings (SSSR count). The van der Waals surface area contributed by atoms with Crippen LogP contribution in [0.2, 0.25) is 0 Å². The molecule has 0 unspecified atom stereocenters. The third kappa shape index (κ3) is 6.35. The summed E-state index contributed by atoms with van der Waals surface area (Å²) in [5.41, 5.74) is 7.08. The van der Waals surface area contributed by atoms with E-state index in [1.807, 2.05) is 84.9 Å². The predicted molar refractivity (Wildman–Crippen MR) is 223 cm³/mol. The molecule has 278 valence electrons. The highest BCUT2D eigenvalue weighted by atomic mass is 16.5. The van der Waals surface area contributed by atoms with E-state index in [0.29, 0.717) is 27.8 Å². The van der Waals surface area contributed by atoms with Gasteiger partial charge in [0.25, 0.3) is 11.8 Å². The van der Waals surface area contributed by atoms with E-state index in [1.54, 1.807) is 24.3 Å². The molecule has 8 aromatic rings. The Balaban J connectivity index is 1.20. The van der Waals surface area contributed by atoms with Crippen LogP contribution in [0.3, 0.4) is 0 Å². The van der Waals surface area contributed by atoms with Crippen molar-refractivity contribution in [2.45, 2.75) is 24.4 Å². The maximum absolute atomic E-state index is 13.7. The highest BCUT2D eigenvalue weighted by molar-refractivity contribution is 6.21. The van der Waals surface area contributed by atoms with Crippen molar-refractivity contribution in [3.63, 3.8) is 0 Å². The molecular weight excluding hydrogens is 705 g/mol. The summed E-state index contributed by atoms with van der Waals surface area (Å²) < 4.78 is 8.95. The molecule has 0 saturated carbocycles. The van der Waals surface area contributed by atoms with Crippen LogP contribution in [-0.4, -0.2) is 32.9 Å². The van der Waals surface area contributed by atoms with Crippen molar-refractivity contribution in [1.82, 2.24) is 9.47 Å². The molecule has 1 aromatic heterocycles. The Kier molecular flexibility index (Phi) is 9.64. The Morgan fingerprint density at radius 2 is 0.965 bits per heavy atom. The van der Waals surface area contributed by atoms with Crippen LogP contribution in [-0.2, 0) is 16.9 Å². The fourth-order valence-corrected chi connectivity index (χ4v) is 8.46. The average Bonchev–Trinajstić information content (AvgIpc) is 3.78. The molecule has 0 bridgehead atoms. The van der Waals surface area contributed by atoms with Crippen molar-refractivity contribution in [2.75, 3.05) is 6.54 Å². The molecule has 2 atom stereocenters. The third-order valence-electron chi connectivity index (χ3n) is 11.1. The van der Waals surface area contributed by atoms with Crippen LogP contribution in [0.25, 0.3) is 10.9 Å². The summed E-state index contributed by atoms with van der Waals surface area (Å²) in [4.78, 5) is 28.6. The molecule has 0 saturated heterocycles. The van der Waals surface area contributed by atoms with E-state index in [4.69, 9.17) is 4.74 Å². The molecule has 1 N–H and O–H groups in total. The van der Waals surface area contributed by atoms with Gasteiger partial charge in [-0.25, -0.2) is 0 Å². The van der Waals surface area contributed by atoms with E-state index in [9.17, 15) is 14.7 Å². The molecule has 1 aliphatic rings. The van der Waals surface area contributed by atoms with Gasteiger partial charge in [0.15, 0.2) is 0 Å². The molecule has 0 fully saturated rings. The van der Waals surface area contributed by atoms with Crippen LogP contribution in [0, 0.1) is 0 Å². The van der Waals surface area contributed by atoms with Gasteiger partial charge in [0.05, 0.1) is 24.3 Å². The number of rotatable bonds is 12. The number of hydrogen-bond donors (Lipinski definition) is 1. The SMILES string of the molecule is O=C1c2ccccc2C(=O)N1C[C@H](OCc1ccccc1)c1ccccc1[C@@H](O)c1cn(C(c2ccccc2)(c2ccccc2)c2ccccc2)c2ccccc12. The second-order valence-electron chi connectivity index (χ2n) is 14.4. The monoisotopic (exact) mass is 744 g/mol. The fraction of sp³-hybridized carbons (Fsp3) is 0.0980.